The van der Waals surface area contributed by atoms with Gasteiger partial charge in [0.25, 0.3) is 0 Å². The molecule has 0 radical (unpaired) electrons. The molecule has 1 aromatic rings. The molecule has 0 heterocycles. The number of carboxylic acids is 1. The number of carbonyl (C=O) groups is 1. The molecule has 1 aliphatic rings. The van der Waals surface area contributed by atoms with E-state index in [1.54, 1.807) is 0 Å². The maximum absolute atomic E-state index is 10.9. The van der Waals surface area contributed by atoms with Gasteiger partial charge in [-0.2, -0.15) is 0 Å². The number of aliphatic carboxylic acids is 1. The van der Waals surface area contributed by atoms with Crippen LogP contribution >= 0.6 is 0 Å². The van der Waals surface area contributed by atoms with Gasteiger partial charge in [-0.05, 0) is 30.4 Å². The molecule has 0 amide bonds. The van der Waals surface area contributed by atoms with E-state index in [-0.39, 0.29) is 12.6 Å². The summed E-state index contributed by atoms with van der Waals surface area (Å²) in [6.45, 7) is 0.383. The SMILES string of the molecule is C#CCN(CC(=O)O)C1CCCc2ccccc21. The first kappa shape index (κ1) is 12.7. The average Bonchev–Trinajstić information content (AvgIpc) is 2.37. The minimum Gasteiger partial charge on any atom is -0.480 e. The van der Waals surface area contributed by atoms with Gasteiger partial charge in [0.2, 0.25) is 0 Å². The summed E-state index contributed by atoms with van der Waals surface area (Å²) in [4.78, 5) is 12.8. The summed E-state index contributed by atoms with van der Waals surface area (Å²) in [6, 6.07) is 8.39. The average molecular weight is 243 g/mol. The Bertz CT molecular complexity index is 476. The van der Waals surface area contributed by atoms with Crippen LogP contribution in [0.3, 0.4) is 0 Å². The van der Waals surface area contributed by atoms with Crippen molar-refractivity contribution >= 4 is 5.97 Å². The van der Waals surface area contributed by atoms with E-state index < -0.39 is 5.97 Å². The Morgan fingerprint density at radius 3 is 3.00 bits per heavy atom. The number of hydrogen-bond acceptors (Lipinski definition) is 2. The highest BCUT2D eigenvalue weighted by Crippen LogP contribution is 2.33. The number of hydrogen-bond donors (Lipinski definition) is 1. The van der Waals surface area contributed by atoms with Gasteiger partial charge in [-0.25, -0.2) is 0 Å². The van der Waals surface area contributed by atoms with Gasteiger partial charge >= 0.3 is 5.97 Å². The van der Waals surface area contributed by atoms with Gasteiger partial charge < -0.3 is 5.11 Å². The summed E-state index contributed by atoms with van der Waals surface area (Å²) < 4.78 is 0. The largest absolute Gasteiger partial charge is 0.480 e. The summed E-state index contributed by atoms with van der Waals surface area (Å²) in [5.41, 5.74) is 2.56. The molecule has 3 nitrogen and oxygen atoms in total. The zero-order chi connectivity index (χ0) is 13.0. The van der Waals surface area contributed by atoms with Crippen molar-refractivity contribution in [3.8, 4) is 12.3 Å². The monoisotopic (exact) mass is 243 g/mol. The third kappa shape index (κ3) is 2.72. The van der Waals surface area contributed by atoms with Crippen LogP contribution in [0.15, 0.2) is 24.3 Å². The van der Waals surface area contributed by atoms with Crippen LogP contribution in [-0.2, 0) is 11.2 Å². The highest BCUT2D eigenvalue weighted by Gasteiger charge is 2.26. The second-order valence-electron chi connectivity index (χ2n) is 4.61. The third-order valence-corrected chi connectivity index (χ3v) is 3.41. The number of benzene rings is 1. The van der Waals surface area contributed by atoms with Crippen molar-refractivity contribution in [3.05, 3.63) is 35.4 Å². The normalized spacial score (nSPS) is 18.1. The molecule has 0 bridgehead atoms. The van der Waals surface area contributed by atoms with Crippen molar-refractivity contribution in [1.82, 2.24) is 4.90 Å². The van der Waals surface area contributed by atoms with E-state index in [1.807, 2.05) is 17.0 Å². The van der Waals surface area contributed by atoms with Crippen LogP contribution in [0.4, 0.5) is 0 Å². The highest BCUT2D eigenvalue weighted by atomic mass is 16.4. The van der Waals surface area contributed by atoms with E-state index >= 15 is 0 Å². The van der Waals surface area contributed by atoms with Gasteiger partial charge in [0.1, 0.15) is 0 Å². The lowest BCUT2D eigenvalue weighted by atomic mass is 9.87. The molecule has 2 rings (SSSR count). The molecule has 1 N–H and O–H groups in total. The van der Waals surface area contributed by atoms with E-state index in [0.29, 0.717) is 6.54 Å². The van der Waals surface area contributed by atoms with Gasteiger partial charge in [0.05, 0.1) is 13.1 Å². The zero-order valence-corrected chi connectivity index (χ0v) is 10.3. The fourth-order valence-electron chi connectivity index (χ4n) is 2.67. The smallest absolute Gasteiger partial charge is 0.317 e. The topological polar surface area (TPSA) is 40.5 Å². The molecular formula is C15H17NO2. The molecule has 0 saturated heterocycles. The van der Waals surface area contributed by atoms with E-state index in [2.05, 4.69) is 18.1 Å². The Balaban J connectivity index is 2.26. The van der Waals surface area contributed by atoms with E-state index in [0.717, 1.165) is 19.3 Å². The van der Waals surface area contributed by atoms with E-state index in [9.17, 15) is 4.79 Å². The van der Waals surface area contributed by atoms with Gasteiger partial charge in [-0.3, -0.25) is 9.69 Å². The molecule has 94 valence electrons. The molecule has 1 unspecified atom stereocenters. The molecule has 1 aromatic carbocycles. The predicted molar refractivity (Wildman–Crippen MR) is 70.2 cm³/mol. The highest BCUT2D eigenvalue weighted by molar-refractivity contribution is 5.69. The third-order valence-electron chi connectivity index (χ3n) is 3.41. The first-order valence-electron chi connectivity index (χ1n) is 6.19. The molecule has 0 aliphatic heterocycles. The zero-order valence-electron chi connectivity index (χ0n) is 10.3. The van der Waals surface area contributed by atoms with Crippen LogP contribution in [0.1, 0.15) is 30.0 Å². The first-order valence-corrected chi connectivity index (χ1v) is 6.19. The van der Waals surface area contributed by atoms with Crippen LogP contribution in [0.2, 0.25) is 0 Å². The van der Waals surface area contributed by atoms with Crippen LogP contribution in [-0.4, -0.2) is 29.1 Å². The summed E-state index contributed by atoms with van der Waals surface area (Å²) in [6.07, 6.45) is 8.48. The Hall–Kier alpha value is -1.79. The molecular weight excluding hydrogens is 226 g/mol. The number of fused-ring (bicyclic) bond motifs is 1. The molecule has 3 heteroatoms. The van der Waals surface area contributed by atoms with Crippen molar-refractivity contribution in [2.45, 2.75) is 25.3 Å². The predicted octanol–water partition coefficient (Wildman–Crippen LogP) is 2.08. The molecule has 1 aliphatic carbocycles. The van der Waals surface area contributed by atoms with E-state index in [4.69, 9.17) is 11.5 Å². The van der Waals surface area contributed by atoms with Crippen LogP contribution in [0.5, 0.6) is 0 Å². The molecule has 0 aromatic heterocycles. The fraction of sp³-hybridized carbons (Fsp3) is 0.400. The van der Waals surface area contributed by atoms with Crippen LogP contribution in [0.25, 0.3) is 0 Å². The van der Waals surface area contributed by atoms with Gasteiger partial charge in [-0.1, -0.05) is 30.2 Å². The van der Waals surface area contributed by atoms with Gasteiger partial charge in [0.15, 0.2) is 0 Å². The summed E-state index contributed by atoms with van der Waals surface area (Å²) in [5.74, 6) is 1.74. The Morgan fingerprint density at radius 1 is 1.50 bits per heavy atom. The number of carboxylic acid groups (broad SMARTS) is 1. The van der Waals surface area contributed by atoms with Crippen LogP contribution < -0.4 is 0 Å². The maximum atomic E-state index is 10.9. The quantitative estimate of drug-likeness (QED) is 0.823. The van der Waals surface area contributed by atoms with Crippen molar-refractivity contribution in [2.75, 3.05) is 13.1 Å². The van der Waals surface area contributed by atoms with Gasteiger partial charge in [0, 0.05) is 6.04 Å². The van der Waals surface area contributed by atoms with Crippen LogP contribution in [0, 0.1) is 12.3 Å². The minimum absolute atomic E-state index is 0.00318. The second kappa shape index (κ2) is 5.70. The lowest BCUT2D eigenvalue weighted by Crippen LogP contribution is -2.35. The summed E-state index contributed by atoms with van der Waals surface area (Å²) in [5, 5.41) is 8.98. The molecule has 0 spiro atoms. The summed E-state index contributed by atoms with van der Waals surface area (Å²) >= 11 is 0. The van der Waals surface area contributed by atoms with Crippen molar-refractivity contribution in [1.29, 1.82) is 0 Å². The second-order valence-corrected chi connectivity index (χ2v) is 4.61. The molecule has 1 atom stereocenters. The Morgan fingerprint density at radius 2 is 2.28 bits per heavy atom. The number of terminal acetylenes is 1. The Labute approximate surface area is 107 Å². The number of nitrogens with zero attached hydrogens (tertiary/aromatic N) is 1. The van der Waals surface area contributed by atoms with Crippen molar-refractivity contribution in [2.24, 2.45) is 0 Å². The molecule has 0 fully saturated rings. The first-order chi connectivity index (χ1) is 8.72. The lowest BCUT2D eigenvalue weighted by Gasteiger charge is -2.33. The minimum atomic E-state index is -0.826. The Kier molecular flexibility index (Phi) is 4.01. The van der Waals surface area contributed by atoms with Crippen molar-refractivity contribution < 1.29 is 9.90 Å². The maximum Gasteiger partial charge on any atom is 0.317 e. The van der Waals surface area contributed by atoms with Crippen molar-refractivity contribution in [3.63, 3.8) is 0 Å². The molecule has 18 heavy (non-hydrogen) atoms. The fourth-order valence-corrected chi connectivity index (χ4v) is 2.67. The standard InChI is InChI=1S/C15H17NO2/c1-2-10-16(11-15(17)18)14-9-5-7-12-6-3-4-8-13(12)14/h1,3-4,6,8,14H,5,7,9-11H2,(H,17,18). The number of aryl methyl sites for hydroxylation is 1. The van der Waals surface area contributed by atoms with Gasteiger partial charge in [-0.15, -0.1) is 6.42 Å². The number of rotatable bonds is 4. The summed E-state index contributed by atoms with van der Waals surface area (Å²) in [7, 11) is 0. The van der Waals surface area contributed by atoms with E-state index in [1.165, 1.54) is 11.1 Å². The lowest BCUT2D eigenvalue weighted by molar-refractivity contribution is -0.138. The molecule has 0 saturated carbocycles.